The van der Waals surface area contributed by atoms with E-state index in [1.54, 1.807) is 17.4 Å². The summed E-state index contributed by atoms with van der Waals surface area (Å²) in [6.45, 7) is 0.578. The first-order chi connectivity index (χ1) is 9.99. The molecule has 2 aromatic rings. The number of thiophene rings is 1. The number of carbonyl (C=O) groups is 1. The number of halogens is 2. The molecule has 1 N–H and O–H groups in total. The highest BCUT2D eigenvalue weighted by Crippen LogP contribution is 2.24. The van der Waals surface area contributed by atoms with E-state index in [4.69, 9.17) is 0 Å². The number of nitrogens with one attached hydrogen (secondary N) is 1. The van der Waals surface area contributed by atoms with Gasteiger partial charge in [0.1, 0.15) is 0 Å². The smallest absolute Gasteiger partial charge is 0.252 e. The normalized spacial score (nSPS) is 12.4. The summed E-state index contributed by atoms with van der Waals surface area (Å²) in [5.41, 5.74) is 0.641. The number of hydrogen-bond acceptors (Lipinski definition) is 3. The lowest BCUT2D eigenvalue weighted by atomic mass is 10.2. The van der Waals surface area contributed by atoms with Crippen LogP contribution in [0.15, 0.2) is 44.7 Å². The molecule has 1 aromatic heterocycles. The third kappa shape index (κ3) is 4.39. The fourth-order valence-corrected chi connectivity index (χ4v) is 4.13. The van der Waals surface area contributed by atoms with E-state index in [1.807, 2.05) is 32.3 Å². The van der Waals surface area contributed by atoms with Gasteiger partial charge >= 0.3 is 0 Å². The number of amides is 1. The van der Waals surface area contributed by atoms with E-state index in [9.17, 15) is 4.79 Å². The SMILES string of the molecule is CN(C)C(CNC(=O)c1ccc(Br)cc1Br)c1cccs1. The second-order valence-corrected chi connectivity index (χ2v) is 7.58. The minimum Gasteiger partial charge on any atom is -0.350 e. The van der Waals surface area contributed by atoms with E-state index in [0.29, 0.717) is 12.1 Å². The van der Waals surface area contributed by atoms with E-state index in [2.05, 4.69) is 53.5 Å². The lowest BCUT2D eigenvalue weighted by Crippen LogP contribution is -2.34. The fourth-order valence-electron chi connectivity index (χ4n) is 1.98. The molecule has 0 spiro atoms. The Morgan fingerprint density at radius 2 is 2.10 bits per heavy atom. The van der Waals surface area contributed by atoms with Gasteiger partial charge in [-0.25, -0.2) is 0 Å². The fraction of sp³-hybridized carbons (Fsp3) is 0.267. The van der Waals surface area contributed by atoms with Crippen LogP contribution in [0.2, 0.25) is 0 Å². The average molecular weight is 432 g/mol. The highest BCUT2D eigenvalue weighted by molar-refractivity contribution is 9.11. The van der Waals surface area contributed by atoms with Crippen LogP contribution < -0.4 is 5.32 Å². The van der Waals surface area contributed by atoms with Gasteiger partial charge in [-0.3, -0.25) is 4.79 Å². The molecule has 0 fully saturated rings. The van der Waals surface area contributed by atoms with Crippen molar-refractivity contribution in [3.8, 4) is 0 Å². The Morgan fingerprint density at radius 3 is 2.67 bits per heavy atom. The Balaban J connectivity index is 2.05. The summed E-state index contributed by atoms with van der Waals surface area (Å²) in [4.78, 5) is 15.7. The molecule has 0 aliphatic rings. The highest BCUT2D eigenvalue weighted by atomic mass is 79.9. The van der Waals surface area contributed by atoms with Crippen molar-refractivity contribution in [2.24, 2.45) is 0 Å². The van der Waals surface area contributed by atoms with Crippen molar-refractivity contribution >= 4 is 49.1 Å². The molecule has 1 amide bonds. The predicted molar refractivity (Wildman–Crippen MR) is 94.9 cm³/mol. The Morgan fingerprint density at radius 1 is 1.33 bits per heavy atom. The van der Waals surface area contributed by atoms with Gasteiger partial charge in [-0.15, -0.1) is 11.3 Å². The zero-order valence-corrected chi connectivity index (χ0v) is 15.8. The molecule has 6 heteroatoms. The Bertz CT molecular complexity index is 614. The predicted octanol–water partition coefficient (Wildman–Crippen LogP) is 4.31. The van der Waals surface area contributed by atoms with Crippen molar-refractivity contribution in [2.75, 3.05) is 20.6 Å². The summed E-state index contributed by atoms with van der Waals surface area (Å²) in [5, 5.41) is 5.06. The zero-order valence-electron chi connectivity index (χ0n) is 11.8. The van der Waals surface area contributed by atoms with E-state index >= 15 is 0 Å². The van der Waals surface area contributed by atoms with Gasteiger partial charge in [-0.1, -0.05) is 22.0 Å². The number of benzene rings is 1. The van der Waals surface area contributed by atoms with Crippen LogP contribution in [0.25, 0.3) is 0 Å². The summed E-state index contributed by atoms with van der Waals surface area (Å²) in [6, 6.07) is 9.85. The van der Waals surface area contributed by atoms with Crippen molar-refractivity contribution < 1.29 is 4.79 Å². The maximum absolute atomic E-state index is 12.3. The van der Waals surface area contributed by atoms with Gasteiger partial charge in [-0.05, 0) is 59.7 Å². The van der Waals surface area contributed by atoms with Crippen LogP contribution in [0.5, 0.6) is 0 Å². The third-order valence-corrected chi connectivity index (χ3v) is 5.25. The number of carbonyl (C=O) groups excluding carboxylic acids is 1. The molecule has 1 atom stereocenters. The molecule has 1 aromatic carbocycles. The molecule has 1 unspecified atom stereocenters. The van der Waals surface area contributed by atoms with Gasteiger partial charge < -0.3 is 10.2 Å². The summed E-state index contributed by atoms with van der Waals surface area (Å²) in [7, 11) is 4.04. The van der Waals surface area contributed by atoms with Crippen molar-refractivity contribution in [1.82, 2.24) is 10.2 Å². The number of rotatable bonds is 5. The van der Waals surface area contributed by atoms with Gasteiger partial charge in [0.05, 0.1) is 11.6 Å². The number of likely N-dealkylation sites (N-methyl/N-ethyl adjacent to an activating group) is 1. The van der Waals surface area contributed by atoms with Gasteiger partial charge in [0, 0.05) is 20.4 Å². The molecule has 0 aliphatic heterocycles. The third-order valence-electron chi connectivity index (χ3n) is 3.13. The molecule has 112 valence electrons. The quantitative estimate of drug-likeness (QED) is 0.764. The highest BCUT2D eigenvalue weighted by Gasteiger charge is 2.17. The van der Waals surface area contributed by atoms with Gasteiger partial charge in [-0.2, -0.15) is 0 Å². The number of hydrogen-bond donors (Lipinski definition) is 1. The molecule has 0 radical (unpaired) electrons. The molecule has 21 heavy (non-hydrogen) atoms. The van der Waals surface area contributed by atoms with Crippen molar-refractivity contribution in [1.29, 1.82) is 0 Å². The zero-order chi connectivity index (χ0) is 15.4. The minimum atomic E-state index is -0.0715. The van der Waals surface area contributed by atoms with Crippen LogP contribution in [-0.4, -0.2) is 31.4 Å². The summed E-state index contributed by atoms with van der Waals surface area (Å²) < 4.78 is 1.72. The van der Waals surface area contributed by atoms with Crippen LogP contribution in [0.4, 0.5) is 0 Å². The molecule has 0 saturated heterocycles. The van der Waals surface area contributed by atoms with Crippen LogP contribution in [-0.2, 0) is 0 Å². The Labute approximate surface area is 145 Å². The molecule has 1 heterocycles. The van der Waals surface area contributed by atoms with Crippen LogP contribution in [0.3, 0.4) is 0 Å². The molecular weight excluding hydrogens is 416 g/mol. The largest absolute Gasteiger partial charge is 0.350 e. The Hall–Kier alpha value is -0.690. The first-order valence-electron chi connectivity index (χ1n) is 6.42. The van der Waals surface area contributed by atoms with E-state index < -0.39 is 0 Å². The summed E-state index contributed by atoms with van der Waals surface area (Å²) in [6.07, 6.45) is 0. The van der Waals surface area contributed by atoms with E-state index in [1.165, 1.54) is 4.88 Å². The summed E-state index contributed by atoms with van der Waals surface area (Å²) >= 11 is 8.51. The van der Waals surface area contributed by atoms with Crippen LogP contribution >= 0.6 is 43.2 Å². The maximum atomic E-state index is 12.3. The van der Waals surface area contributed by atoms with E-state index in [-0.39, 0.29) is 11.9 Å². The second kappa shape index (κ2) is 7.54. The van der Waals surface area contributed by atoms with Crippen LogP contribution in [0, 0.1) is 0 Å². The minimum absolute atomic E-state index is 0.0715. The lowest BCUT2D eigenvalue weighted by Gasteiger charge is -2.23. The van der Waals surface area contributed by atoms with Gasteiger partial charge in [0.2, 0.25) is 0 Å². The maximum Gasteiger partial charge on any atom is 0.252 e. The first-order valence-corrected chi connectivity index (χ1v) is 8.88. The molecule has 0 aliphatic carbocycles. The topological polar surface area (TPSA) is 32.3 Å². The summed E-state index contributed by atoms with van der Waals surface area (Å²) in [5.74, 6) is -0.0715. The molecule has 2 rings (SSSR count). The monoisotopic (exact) mass is 430 g/mol. The molecule has 0 saturated carbocycles. The second-order valence-electron chi connectivity index (χ2n) is 4.83. The van der Waals surface area contributed by atoms with Crippen molar-refractivity contribution in [3.63, 3.8) is 0 Å². The lowest BCUT2D eigenvalue weighted by molar-refractivity contribution is 0.0941. The first kappa shape index (κ1) is 16.7. The molecule has 3 nitrogen and oxygen atoms in total. The Kier molecular flexibility index (Phi) is 5.98. The van der Waals surface area contributed by atoms with Crippen LogP contribution in [0.1, 0.15) is 21.3 Å². The standard InChI is InChI=1S/C15H16Br2N2OS/c1-19(2)13(14-4-3-7-21-14)9-18-15(20)11-6-5-10(16)8-12(11)17/h3-8,13H,9H2,1-2H3,(H,18,20). The van der Waals surface area contributed by atoms with E-state index in [0.717, 1.165) is 8.95 Å². The average Bonchev–Trinajstić information content (AvgIpc) is 2.92. The van der Waals surface area contributed by atoms with Gasteiger partial charge in [0.25, 0.3) is 5.91 Å². The van der Waals surface area contributed by atoms with Crippen molar-refractivity contribution in [3.05, 3.63) is 55.1 Å². The molecule has 0 bridgehead atoms. The van der Waals surface area contributed by atoms with Crippen molar-refractivity contribution in [2.45, 2.75) is 6.04 Å². The number of nitrogens with zero attached hydrogens (tertiary/aromatic N) is 1. The molecular formula is C15H16Br2N2OS. The van der Waals surface area contributed by atoms with Gasteiger partial charge in [0.15, 0.2) is 0 Å².